The molecule has 5 nitrogen and oxygen atoms in total. The van der Waals surface area contributed by atoms with Crippen LogP contribution in [0.5, 0.6) is 0 Å². The van der Waals surface area contributed by atoms with Gasteiger partial charge >= 0.3 is 0 Å². The maximum absolute atomic E-state index is 12.2. The number of hydrogen-bond acceptors (Lipinski definition) is 4. The zero-order valence-corrected chi connectivity index (χ0v) is 12.5. The Hall–Kier alpha value is -1.59. The summed E-state index contributed by atoms with van der Waals surface area (Å²) in [5.41, 5.74) is 2.06. The maximum atomic E-state index is 12.2. The molecule has 1 amide bonds. The molecule has 2 aliphatic heterocycles. The molecule has 3 rings (SSSR count). The SMILES string of the molecule is CC1NCCC1C(=O)Nc1ccc(N2CCOCC2)cc1. The third-order valence-electron chi connectivity index (χ3n) is 4.37. The first kappa shape index (κ1) is 14.4. The molecule has 2 fully saturated rings. The Labute approximate surface area is 125 Å². The number of carbonyl (C=O) groups is 1. The molecule has 2 aliphatic rings. The minimum absolute atomic E-state index is 0.0731. The molecule has 2 N–H and O–H groups in total. The van der Waals surface area contributed by atoms with E-state index in [1.807, 2.05) is 12.1 Å². The van der Waals surface area contributed by atoms with Crippen LogP contribution in [0.4, 0.5) is 11.4 Å². The molecule has 2 saturated heterocycles. The Kier molecular flexibility index (Phi) is 4.41. The molecule has 2 heterocycles. The van der Waals surface area contributed by atoms with Crippen molar-refractivity contribution in [1.29, 1.82) is 0 Å². The van der Waals surface area contributed by atoms with E-state index in [9.17, 15) is 4.79 Å². The van der Waals surface area contributed by atoms with Gasteiger partial charge in [0, 0.05) is 30.5 Å². The first-order chi connectivity index (χ1) is 10.2. The maximum Gasteiger partial charge on any atom is 0.229 e. The van der Waals surface area contributed by atoms with E-state index in [-0.39, 0.29) is 17.9 Å². The lowest BCUT2D eigenvalue weighted by molar-refractivity contribution is -0.119. The van der Waals surface area contributed by atoms with Crippen molar-refractivity contribution in [2.75, 3.05) is 43.1 Å². The number of benzene rings is 1. The fourth-order valence-corrected chi connectivity index (χ4v) is 3.03. The van der Waals surface area contributed by atoms with Gasteiger partial charge in [-0.1, -0.05) is 0 Å². The van der Waals surface area contributed by atoms with Crippen molar-refractivity contribution in [1.82, 2.24) is 5.32 Å². The second-order valence-electron chi connectivity index (χ2n) is 5.77. The number of ether oxygens (including phenoxy) is 1. The normalized spacial score (nSPS) is 25.9. The van der Waals surface area contributed by atoms with Crippen LogP contribution >= 0.6 is 0 Å². The highest BCUT2D eigenvalue weighted by Gasteiger charge is 2.29. The lowest BCUT2D eigenvalue weighted by Gasteiger charge is -2.29. The van der Waals surface area contributed by atoms with E-state index in [0.29, 0.717) is 0 Å². The minimum Gasteiger partial charge on any atom is -0.378 e. The largest absolute Gasteiger partial charge is 0.378 e. The van der Waals surface area contributed by atoms with Crippen molar-refractivity contribution < 1.29 is 9.53 Å². The number of carbonyl (C=O) groups excluding carboxylic acids is 1. The van der Waals surface area contributed by atoms with Gasteiger partial charge in [-0.3, -0.25) is 4.79 Å². The molecule has 0 radical (unpaired) electrons. The lowest BCUT2D eigenvalue weighted by Crippen LogP contribution is -2.36. The van der Waals surface area contributed by atoms with Crippen molar-refractivity contribution in [3.05, 3.63) is 24.3 Å². The number of nitrogens with zero attached hydrogens (tertiary/aromatic N) is 1. The highest BCUT2D eigenvalue weighted by molar-refractivity contribution is 5.93. The van der Waals surface area contributed by atoms with E-state index in [4.69, 9.17) is 4.74 Å². The molecule has 0 spiro atoms. The van der Waals surface area contributed by atoms with Gasteiger partial charge in [0.2, 0.25) is 5.91 Å². The summed E-state index contributed by atoms with van der Waals surface area (Å²) in [5, 5.41) is 6.33. The quantitative estimate of drug-likeness (QED) is 0.884. The van der Waals surface area contributed by atoms with E-state index in [0.717, 1.165) is 45.0 Å². The number of rotatable bonds is 3. The summed E-state index contributed by atoms with van der Waals surface area (Å²) in [6, 6.07) is 8.36. The number of morpholine rings is 1. The molecule has 0 aromatic heterocycles. The smallest absolute Gasteiger partial charge is 0.229 e. The second kappa shape index (κ2) is 6.45. The molecule has 2 atom stereocenters. The van der Waals surface area contributed by atoms with Gasteiger partial charge in [-0.2, -0.15) is 0 Å². The molecule has 1 aromatic carbocycles. The second-order valence-corrected chi connectivity index (χ2v) is 5.77. The van der Waals surface area contributed by atoms with Crippen molar-refractivity contribution in [3.63, 3.8) is 0 Å². The molecule has 0 aliphatic carbocycles. The highest BCUT2D eigenvalue weighted by atomic mass is 16.5. The van der Waals surface area contributed by atoms with E-state index >= 15 is 0 Å². The average molecular weight is 289 g/mol. The third kappa shape index (κ3) is 3.36. The first-order valence-corrected chi connectivity index (χ1v) is 7.71. The van der Waals surface area contributed by atoms with E-state index in [1.54, 1.807) is 0 Å². The van der Waals surface area contributed by atoms with Gasteiger partial charge < -0.3 is 20.3 Å². The summed E-state index contributed by atoms with van der Waals surface area (Å²) in [6.07, 6.45) is 0.916. The van der Waals surface area contributed by atoms with Crippen LogP contribution < -0.4 is 15.5 Å². The fourth-order valence-electron chi connectivity index (χ4n) is 3.03. The summed E-state index contributed by atoms with van der Waals surface area (Å²) >= 11 is 0. The Morgan fingerprint density at radius 1 is 1.29 bits per heavy atom. The van der Waals surface area contributed by atoms with E-state index in [1.165, 1.54) is 5.69 Å². The third-order valence-corrected chi connectivity index (χ3v) is 4.37. The molecule has 0 bridgehead atoms. The van der Waals surface area contributed by atoms with Gasteiger partial charge in [-0.15, -0.1) is 0 Å². The fraction of sp³-hybridized carbons (Fsp3) is 0.562. The summed E-state index contributed by atoms with van der Waals surface area (Å²) < 4.78 is 5.36. The molecule has 114 valence electrons. The monoisotopic (exact) mass is 289 g/mol. The summed E-state index contributed by atoms with van der Waals surface area (Å²) in [6.45, 7) is 6.41. The number of amides is 1. The summed E-state index contributed by atoms with van der Waals surface area (Å²) in [4.78, 5) is 14.5. The van der Waals surface area contributed by atoms with Crippen molar-refractivity contribution in [3.8, 4) is 0 Å². The Balaban J connectivity index is 1.60. The van der Waals surface area contributed by atoms with Crippen LogP contribution in [0, 0.1) is 5.92 Å². The predicted octanol–water partition coefficient (Wildman–Crippen LogP) is 1.46. The number of anilines is 2. The summed E-state index contributed by atoms with van der Waals surface area (Å²) in [7, 11) is 0. The topological polar surface area (TPSA) is 53.6 Å². The van der Waals surface area contributed by atoms with Crippen LogP contribution in [0.2, 0.25) is 0 Å². The van der Waals surface area contributed by atoms with Crippen LogP contribution in [-0.4, -0.2) is 44.8 Å². The van der Waals surface area contributed by atoms with Gasteiger partial charge in [0.05, 0.1) is 19.1 Å². The van der Waals surface area contributed by atoms with E-state index in [2.05, 4.69) is 34.6 Å². The Morgan fingerprint density at radius 3 is 2.62 bits per heavy atom. The molecule has 2 unspecified atom stereocenters. The zero-order valence-electron chi connectivity index (χ0n) is 12.5. The minimum atomic E-state index is 0.0731. The van der Waals surface area contributed by atoms with Crippen LogP contribution in [0.25, 0.3) is 0 Å². The number of nitrogens with one attached hydrogen (secondary N) is 2. The van der Waals surface area contributed by atoms with Gasteiger partial charge in [-0.05, 0) is 44.2 Å². The molecule has 1 aromatic rings. The van der Waals surface area contributed by atoms with Crippen molar-refractivity contribution in [2.24, 2.45) is 5.92 Å². The lowest BCUT2D eigenvalue weighted by atomic mass is 10.0. The van der Waals surface area contributed by atoms with Crippen molar-refractivity contribution in [2.45, 2.75) is 19.4 Å². The average Bonchev–Trinajstić information content (AvgIpc) is 2.95. The van der Waals surface area contributed by atoms with Gasteiger partial charge in [-0.25, -0.2) is 0 Å². The molecular formula is C16H23N3O2. The molecular weight excluding hydrogens is 266 g/mol. The molecule has 0 saturated carbocycles. The van der Waals surface area contributed by atoms with Crippen LogP contribution in [-0.2, 0) is 9.53 Å². The standard InChI is InChI=1S/C16H23N3O2/c1-12-15(6-7-17-12)16(20)18-13-2-4-14(5-3-13)19-8-10-21-11-9-19/h2-5,12,15,17H,6-11H2,1H3,(H,18,20). The predicted molar refractivity (Wildman–Crippen MR) is 83.7 cm³/mol. The van der Waals surface area contributed by atoms with E-state index < -0.39 is 0 Å². The Morgan fingerprint density at radius 2 is 2.00 bits per heavy atom. The highest BCUT2D eigenvalue weighted by Crippen LogP contribution is 2.21. The van der Waals surface area contributed by atoms with Gasteiger partial charge in [0.25, 0.3) is 0 Å². The van der Waals surface area contributed by atoms with Crippen LogP contribution in [0.15, 0.2) is 24.3 Å². The van der Waals surface area contributed by atoms with Crippen LogP contribution in [0.3, 0.4) is 0 Å². The Bertz CT molecular complexity index is 483. The summed E-state index contributed by atoms with van der Waals surface area (Å²) in [5.74, 6) is 0.190. The van der Waals surface area contributed by atoms with Crippen LogP contribution in [0.1, 0.15) is 13.3 Å². The van der Waals surface area contributed by atoms with Crippen molar-refractivity contribution >= 4 is 17.3 Å². The first-order valence-electron chi connectivity index (χ1n) is 7.71. The van der Waals surface area contributed by atoms with Gasteiger partial charge in [0.15, 0.2) is 0 Å². The molecule has 21 heavy (non-hydrogen) atoms. The zero-order chi connectivity index (χ0) is 14.7. The van der Waals surface area contributed by atoms with Gasteiger partial charge in [0.1, 0.15) is 0 Å². The number of hydrogen-bond donors (Lipinski definition) is 2. The molecule has 5 heteroatoms.